The lowest BCUT2D eigenvalue weighted by atomic mass is 10.4. The van der Waals surface area contributed by atoms with Crippen molar-refractivity contribution < 1.29 is 4.79 Å². The zero-order valence-corrected chi connectivity index (χ0v) is 4.48. The first-order valence-electron chi connectivity index (χ1n) is 2.44. The summed E-state index contributed by atoms with van der Waals surface area (Å²) in [4.78, 5) is 10.4. The molecule has 1 aliphatic rings. The van der Waals surface area contributed by atoms with E-state index in [9.17, 15) is 4.79 Å². The molecule has 0 aromatic heterocycles. The molecular weight excluding hydrogens is 102 g/mol. The highest BCUT2D eigenvalue weighted by atomic mass is 16.1. The van der Waals surface area contributed by atoms with Crippen molar-refractivity contribution in [2.45, 2.75) is 0 Å². The summed E-state index contributed by atoms with van der Waals surface area (Å²) in [6, 6.07) is 0. The van der Waals surface area contributed by atoms with Gasteiger partial charge in [0.1, 0.15) is 0 Å². The summed E-state index contributed by atoms with van der Waals surface area (Å²) in [6.45, 7) is 3.93. The first kappa shape index (κ1) is 5.09. The van der Waals surface area contributed by atoms with Gasteiger partial charge >= 0.3 is 0 Å². The maximum Gasteiger partial charge on any atom is 0.176 e. The van der Waals surface area contributed by atoms with Gasteiger partial charge in [0.15, 0.2) is 5.78 Å². The summed E-state index contributed by atoms with van der Waals surface area (Å²) in [5, 5.41) is 2.85. The van der Waals surface area contributed by atoms with Crippen LogP contribution in [-0.4, -0.2) is 12.3 Å². The second kappa shape index (κ2) is 1.82. The smallest absolute Gasteiger partial charge is 0.176 e. The zero-order valence-electron chi connectivity index (χ0n) is 4.48. The van der Waals surface area contributed by atoms with Crippen molar-refractivity contribution in [3.05, 3.63) is 24.4 Å². The highest BCUT2D eigenvalue weighted by molar-refractivity contribution is 5.94. The van der Waals surface area contributed by atoms with Gasteiger partial charge < -0.3 is 5.32 Å². The summed E-state index contributed by atoms with van der Waals surface area (Å²) < 4.78 is 0. The van der Waals surface area contributed by atoms with Crippen molar-refractivity contribution in [3.63, 3.8) is 0 Å². The van der Waals surface area contributed by atoms with E-state index in [-0.39, 0.29) is 5.78 Å². The number of nitrogens with one attached hydrogen (secondary N) is 1. The van der Waals surface area contributed by atoms with E-state index >= 15 is 0 Å². The molecule has 8 heavy (non-hydrogen) atoms. The molecule has 0 radical (unpaired) electrons. The highest BCUT2D eigenvalue weighted by Gasteiger charge is 2.05. The monoisotopic (exact) mass is 109 g/mol. The number of hydrogen-bond donors (Lipinski definition) is 1. The van der Waals surface area contributed by atoms with Gasteiger partial charge in [-0.15, -0.1) is 0 Å². The zero-order chi connectivity index (χ0) is 5.98. The minimum Gasteiger partial charge on any atom is -0.378 e. The van der Waals surface area contributed by atoms with Crippen LogP contribution >= 0.6 is 0 Å². The maximum absolute atomic E-state index is 10.4. The van der Waals surface area contributed by atoms with Crippen molar-refractivity contribution in [1.82, 2.24) is 5.32 Å². The third-order valence-corrected chi connectivity index (χ3v) is 1.00. The maximum atomic E-state index is 10.4. The average Bonchev–Trinajstić information content (AvgIpc) is 2.14. The van der Waals surface area contributed by atoms with Gasteiger partial charge in [-0.25, -0.2) is 0 Å². The Morgan fingerprint density at radius 3 is 2.88 bits per heavy atom. The first-order valence-corrected chi connectivity index (χ1v) is 2.44. The molecule has 0 saturated heterocycles. The molecule has 1 N–H and O–H groups in total. The van der Waals surface area contributed by atoms with E-state index in [1.807, 2.05) is 0 Å². The summed E-state index contributed by atoms with van der Waals surface area (Å²) in [5.41, 5.74) is 0.829. The second-order valence-electron chi connectivity index (χ2n) is 1.62. The molecule has 2 heteroatoms. The van der Waals surface area contributed by atoms with Gasteiger partial charge in [0.2, 0.25) is 0 Å². The molecule has 0 aromatic rings. The van der Waals surface area contributed by atoms with E-state index in [4.69, 9.17) is 0 Å². The molecule has 0 spiro atoms. The minimum absolute atomic E-state index is 0.125. The van der Waals surface area contributed by atoms with Crippen LogP contribution in [0.25, 0.3) is 0 Å². The van der Waals surface area contributed by atoms with Crippen molar-refractivity contribution >= 4 is 5.78 Å². The number of ketones is 1. The molecule has 42 valence electrons. The molecule has 0 saturated carbocycles. The Labute approximate surface area is 47.9 Å². The van der Waals surface area contributed by atoms with Gasteiger partial charge in [-0.2, -0.15) is 0 Å². The van der Waals surface area contributed by atoms with Crippen molar-refractivity contribution in [2.24, 2.45) is 0 Å². The van der Waals surface area contributed by atoms with Gasteiger partial charge in [-0.3, -0.25) is 4.79 Å². The molecular formula is C6H7NO. The van der Waals surface area contributed by atoms with Gasteiger partial charge in [-0.1, -0.05) is 6.58 Å². The molecule has 0 bridgehead atoms. The lowest BCUT2D eigenvalue weighted by Gasteiger charge is -1.89. The summed E-state index contributed by atoms with van der Waals surface area (Å²) in [7, 11) is 0. The van der Waals surface area contributed by atoms with E-state index < -0.39 is 0 Å². The van der Waals surface area contributed by atoms with Crippen LogP contribution in [0.5, 0.6) is 0 Å². The summed E-state index contributed by atoms with van der Waals surface area (Å²) >= 11 is 0. The van der Waals surface area contributed by atoms with E-state index in [0.29, 0.717) is 6.54 Å². The molecule has 0 amide bonds. The number of hydrogen-bond acceptors (Lipinski definition) is 2. The molecule has 1 heterocycles. The highest BCUT2D eigenvalue weighted by Crippen LogP contribution is 1.96. The van der Waals surface area contributed by atoms with Gasteiger partial charge in [0.25, 0.3) is 0 Å². The van der Waals surface area contributed by atoms with Crippen molar-refractivity contribution in [3.8, 4) is 0 Å². The minimum atomic E-state index is 0.125. The van der Waals surface area contributed by atoms with Gasteiger partial charge in [-0.05, 0) is 6.08 Å². The third kappa shape index (κ3) is 0.780. The fourth-order valence-corrected chi connectivity index (χ4v) is 0.596. The van der Waals surface area contributed by atoms with Gasteiger partial charge in [0, 0.05) is 11.8 Å². The Morgan fingerprint density at radius 2 is 2.62 bits per heavy atom. The van der Waals surface area contributed by atoms with E-state index in [1.54, 1.807) is 12.2 Å². The van der Waals surface area contributed by atoms with Crippen LogP contribution in [0.3, 0.4) is 0 Å². The van der Waals surface area contributed by atoms with Crippen molar-refractivity contribution in [1.29, 1.82) is 0 Å². The quantitative estimate of drug-likeness (QED) is 0.522. The topological polar surface area (TPSA) is 29.1 Å². The molecule has 0 aromatic carbocycles. The van der Waals surface area contributed by atoms with Crippen LogP contribution in [0.15, 0.2) is 24.4 Å². The van der Waals surface area contributed by atoms with E-state index in [2.05, 4.69) is 11.9 Å². The van der Waals surface area contributed by atoms with Crippen LogP contribution in [0.1, 0.15) is 0 Å². The molecule has 1 aliphatic heterocycles. The number of carbonyl (C=O) groups excluding carboxylic acids is 1. The van der Waals surface area contributed by atoms with Crippen LogP contribution < -0.4 is 5.32 Å². The number of rotatable bonds is 1. The summed E-state index contributed by atoms with van der Waals surface area (Å²) in [6.07, 6.45) is 3.18. The fraction of sp³-hybridized carbons (Fsp3) is 0.167. The Balaban J connectivity index is 2.70. The third-order valence-electron chi connectivity index (χ3n) is 1.00. The van der Waals surface area contributed by atoms with E-state index in [0.717, 1.165) is 5.70 Å². The molecule has 0 fully saturated rings. The molecule has 0 atom stereocenters. The predicted octanol–water partition coefficient (Wildman–Crippen LogP) is 0.229. The number of allylic oxidation sites excluding steroid dienone is 1. The molecule has 2 nitrogen and oxygen atoms in total. The molecule has 1 rings (SSSR count). The number of carbonyl (C=O) groups is 1. The van der Waals surface area contributed by atoms with Crippen LogP contribution in [-0.2, 0) is 4.79 Å². The van der Waals surface area contributed by atoms with Crippen LogP contribution in [0.2, 0.25) is 0 Å². The van der Waals surface area contributed by atoms with Gasteiger partial charge in [0.05, 0.1) is 6.54 Å². The first-order chi connectivity index (χ1) is 3.83. The predicted molar refractivity (Wildman–Crippen MR) is 31.3 cm³/mol. The Bertz CT molecular complexity index is 158. The van der Waals surface area contributed by atoms with Crippen LogP contribution in [0, 0.1) is 0 Å². The molecule has 0 aliphatic carbocycles. The van der Waals surface area contributed by atoms with Crippen LogP contribution in [0.4, 0.5) is 0 Å². The Hall–Kier alpha value is -1.05. The summed E-state index contributed by atoms with van der Waals surface area (Å²) in [5.74, 6) is 0.125. The standard InChI is InChI=1S/C6H7NO/c1-2-5-3-6(8)4-7-5/h2-3,7H,1,4H2. The average molecular weight is 109 g/mol. The Morgan fingerprint density at radius 1 is 1.88 bits per heavy atom. The fourth-order valence-electron chi connectivity index (χ4n) is 0.596. The molecule has 0 unspecified atom stereocenters. The largest absolute Gasteiger partial charge is 0.378 e. The second-order valence-corrected chi connectivity index (χ2v) is 1.62. The normalized spacial score (nSPS) is 17.5. The van der Waals surface area contributed by atoms with Crippen molar-refractivity contribution in [2.75, 3.05) is 6.54 Å². The Kier molecular flexibility index (Phi) is 1.16. The SMILES string of the molecule is C=CC1=CC(=O)CN1. The van der Waals surface area contributed by atoms with E-state index in [1.165, 1.54) is 0 Å². The lowest BCUT2D eigenvalue weighted by Crippen LogP contribution is -2.09. The lowest BCUT2D eigenvalue weighted by molar-refractivity contribution is -0.113.